The summed E-state index contributed by atoms with van der Waals surface area (Å²) in [6, 6.07) is 11.0. The van der Waals surface area contributed by atoms with Crippen molar-refractivity contribution in [2.75, 3.05) is 18.0 Å². The molecule has 25 heavy (non-hydrogen) atoms. The van der Waals surface area contributed by atoms with Gasteiger partial charge >= 0.3 is 0 Å². The average molecular weight is 358 g/mol. The molecule has 1 saturated heterocycles. The number of hydrogen-bond acceptors (Lipinski definition) is 3. The topological polar surface area (TPSA) is 53.5 Å². The number of benzene rings is 1. The zero-order chi connectivity index (χ0) is 17.8. The zero-order valence-electron chi connectivity index (χ0n) is 14.1. The van der Waals surface area contributed by atoms with Crippen LogP contribution in [-0.2, 0) is 16.0 Å². The molecule has 0 aliphatic carbocycles. The Morgan fingerprint density at radius 1 is 1.32 bits per heavy atom. The Morgan fingerprint density at radius 2 is 2.16 bits per heavy atom. The molecule has 2 amide bonds. The lowest BCUT2D eigenvalue weighted by atomic mass is 10.1. The summed E-state index contributed by atoms with van der Waals surface area (Å²) in [7, 11) is 0. The third-order valence-electron chi connectivity index (χ3n) is 4.38. The number of pyridine rings is 1. The molecule has 0 bridgehead atoms. The van der Waals surface area contributed by atoms with E-state index >= 15 is 0 Å². The lowest BCUT2D eigenvalue weighted by Gasteiger charge is -2.39. The summed E-state index contributed by atoms with van der Waals surface area (Å²) < 4.78 is 0. The van der Waals surface area contributed by atoms with E-state index in [4.69, 9.17) is 11.6 Å². The van der Waals surface area contributed by atoms with Gasteiger partial charge in [-0.25, -0.2) is 0 Å². The Labute approximate surface area is 152 Å². The molecular formula is C19H20ClN3O2. The van der Waals surface area contributed by atoms with E-state index in [1.54, 1.807) is 34.3 Å². The molecule has 0 unspecified atom stereocenters. The number of hydrogen-bond donors (Lipinski definition) is 0. The summed E-state index contributed by atoms with van der Waals surface area (Å²) in [5.41, 5.74) is 1.79. The van der Waals surface area contributed by atoms with Gasteiger partial charge in [0.2, 0.25) is 11.8 Å². The molecule has 1 aromatic heterocycles. The number of rotatable bonds is 4. The van der Waals surface area contributed by atoms with Gasteiger partial charge in [0.25, 0.3) is 0 Å². The predicted octanol–water partition coefficient (Wildman–Crippen LogP) is 2.93. The highest BCUT2D eigenvalue weighted by molar-refractivity contribution is 6.30. The van der Waals surface area contributed by atoms with Crippen LogP contribution in [0.5, 0.6) is 0 Å². The van der Waals surface area contributed by atoms with E-state index in [0.29, 0.717) is 24.4 Å². The minimum atomic E-state index is -0.0879. The maximum absolute atomic E-state index is 12.5. The third kappa shape index (κ3) is 4.17. The molecule has 1 aliphatic heterocycles. The number of amides is 2. The predicted molar refractivity (Wildman–Crippen MR) is 97.5 cm³/mol. The van der Waals surface area contributed by atoms with Crippen LogP contribution in [0.4, 0.5) is 5.69 Å². The van der Waals surface area contributed by atoms with Crippen molar-refractivity contribution in [2.24, 2.45) is 0 Å². The van der Waals surface area contributed by atoms with Crippen LogP contribution in [-0.4, -0.2) is 40.8 Å². The summed E-state index contributed by atoms with van der Waals surface area (Å²) in [5, 5.41) is 0.591. The number of nitrogens with zero attached hydrogens (tertiary/aromatic N) is 3. The number of anilines is 1. The van der Waals surface area contributed by atoms with Gasteiger partial charge in [0.1, 0.15) is 6.54 Å². The summed E-state index contributed by atoms with van der Waals surface area (Å²) in [5.74, 6) is -0.0921. The molecule has 0 saturated carbocycles. The van der Waals surface area contributed by atoms with E-state index in [0.717, 1.165) is 11.3 Å². The first-order valence-corrected chi connectivity index (χ1v) is 8.66. The molecule has 1 atom stereocenters. The van der Waals surface area contributed by atoms with Crippen molar-refractivity contribution in [1.82, 2.24) is 9.88 Å². The van der Waals surface area contributed by atoms with Crippen LogP contribution in [0.1, 0.15) is 18.9 Å². The van der Waals surface area contributed by atoms with E-state index in [-0.39, 0.29) is 24.4 Å². The molecule has 0 spiro atoms. The van der Waals surface area contributed by atoms with Crippen LogP contribution < -0.4 is 4.90 Å². The molecule has 1 aromatic carbocycles. The number of carbonyl (C=O) groups is 2. The Balaban J connectivity index is 1.63. The van der Waals surface area contributed by atoms with Crippen molar-refractivity contribution in [2.45, 2.75) is 25.8 Å². The van der Waals surface area contributed by atoms with Crippen LogP contribution in [0.15, 0.2) is 48.8 Å². The lowest BCUT2D eigenvalue weighted by molar-refractivity contribution is -0.139. The molecular weight excluding hydrogens is 338 g/mol. The monoisotopic (exact) mass is 357 g/mol. The first-order chi connectivity index (χ1) is 12.0. The van der Waals surface area contributed by atoms with E-state index in [1.807, 2.05) is 31.2 Å². The number of carbonyl (C=O) groups excluding carboxylic acids is 2. The summed E-state index contributed by atoms with van der Waals surface area (Å²) in [4.78, 5) is 32.5. The van der Waals surface area contributed by atoms with Crippen molar-refractivity contribution in [1.29, 1.82) is 0 Å². The summed E-state index contributed by atoms with van der Waals surface area (Å²) >= 11 is 6.02. The van der Waals surface area contributed by atoms with Gasteiger partial charge in [-0.1, -0.05) is 23.7 Å². The Hall–Kier alpha value is -2.40. The highest BCUT2D eigenvalue weighted by atomic mass is 35.5. The van der Waals surface area contributed by atoms with Crippen LogP contribution in [0, 0.1) is 0 Å². The van der Waals surface area contributed by atoms with Crippen molar-refractivity contribution in [3.63, 3.8) is 0 Å². The summed E-state index contributed by atoms with van der Waals surface area (Å²) in [6.07, 6.45) is 4.47. The second kappa shape index (κ2) is 7.66. The first-order valence-electron chi connectivity index (χ1n) is 8.29. The van der Waals surface area contributed by atoms with Crippen molar-refractivity contribution < 1.29 is 9.59 Å². The van der Waals surface area contributed by atoms with Crippen molar-refractivity contribution in [3.8, 4) is 0 Å². The minimum absolute atomic E-state index is 0.00422. The van der Waals surface area contributed by atoms with Crippen LogP contribution in [0.2, 0.25) is 5.02 Å². The number of aromatic nitrogens is 1. The van der Waals surface area contributed by atoms with Gasteiger partial charge in [0.15, 0.2) is 0 Å². The molecule has 2 heterocycles. The number of halogens is 1. The van der Waals surface area contributed by atoms with Gasteiger partial charge in [-0.05, 0) is 43.2 Å². The Kier molecular flexibility index (Phi) is 5.34. The average Bonchev–Trinajstić information content (AvgIpc) is 2.62. The van der Waals surface area contributed by atoms with E-state index in [9.17, 15) is 9.59 Å². The van der Waals surface area contributed by atoms with Crippen LogP contribution in [0.3, 0.4) is 0 Å². The van der Waals surface area contributed by atoms with Crippen LogP contribution in [0.25, 0.3) is 0 Å². The third-order valence-corrected chi connectivity index (χ3v) is 4.61. The zero-order valence-corrected chi connectivity index (χ0v) is 14.8. The lowest BCUT2D eigenvalue weighted by Crippen LogP contribution is -2.57. The van der Waals surface area contributed by atoms with Gasteiger partial charge in [-0.15, -0.1) is 0 Å². The Bertz CT molecular complexity index is 766. The standard InChI is InChI=1S/C19H20ClN3O2/c1-14-12-23(17-6-2-5-16(20)10-17)19(25)13-22(14)18(24)8-7-15-4-3-9-21-11-15/h2-6,9-11,14H,7-8,12-13H2,1H3/t14-/m0/s1. The Morgan fingerprint density at radius 3 is 2.88 bits per heavy atom. The van der Waals surface area contributed by atoms with E-state index in [1.165, 1.54) is 0 Å². The van der Waals surface area contributed by atoms with Gasteiger partial charge < -0.3 is 9.80 Å². The molecule has 130 valence electrons. The van der Waals surface area contributed by atoms with Gasteiger partial charge in [-0.3, -0.25) is 14.6 Å². The molecule has 3 rings (SSSR count). The first kappa shape index (κ1) is 17.4. The minimum Gasteiger partial charge on any atom is -0.329 e. The maximum Gasteiger partial charge on any atom is 0.246 e. The second-order valence-electron chi connectivity index (χ2n) is 6.22. The van der Waals surface area contributed by atoms with Gasteiger partial charge in [-0.2, -0.15) is 0 Å². The summed E-state index contributed by atoms with van der Waals surface area (Å²) in [6.45, 7) is 2.53. The largest absolute Gasteiger partial charge is 0.329 e. The molecule has 6 heteroatoms. The molecule has 1 fully saturated rings. The number of piperazine rings is 1. The molecule has 0 radical (unpaired) electrons. The highest BCUT2D eigenvalue weighted by Gasteiger charge is 2.32. The molecule has 0 N–H and O–H groups in total. The molecule has 1 aliphatic rings. The smallest absolute Gasteiger partial charge is 0.246 e. The quantitative estimate of drug-likeness (QED) is 0.845. The fourth-order valence-electron chi connectivity index (χ4n) is 3.02. The second-order valence-corrected chi connectivity index (χ2v) is 6.65. The number of aryl methyl sites for hydroxylation is 1. The van der Waals surface area contributed by atoms with E-state index in [2.05, 4.69) is 4.98 Å². The van der Waals surface area contributed by atoms with Crippen molar-refractivity contribution in [3.05, 3.63) is 59.4 Å². The molecule has 5 nitrogen and oxygen atoms in total. The van der Waals surface area contributed by atoms with Crippen LogP contribution >= 0.6 is 11.6 Å². The van der Waals surface area contributed by atoms with Crippen molar-refractivity contribution >= 4 is 29.1 Å². The fraction of sp³-hybridized carbons (Fsp3) is 0.316. The fourth-order valence-corrected chi connectivity index (χ4v) is 3.20. The van der Waals surface area contributed by atoms with E-state index < -0.39 is 0 Å². The SMILES string of the molecule is C[C@H]1CN(c2cccc(Cl)c2)C(=O)CN1C(=O)CCc1cccnc1. The highest BCUT2D eigenvalue weighted by Crippen LogP contribution is 2.23. The maximum atomic E-state index is 12.5. The van der Waals surface area contributed by atoms with Gasteiger partial charge in [0.05, 0.1) is 0 Å². The van der Waals surface area contributed by atoms with Gasteiger partial charge in [0, 0.05) is 42.1 Å². The normalized spacial score (nSPS) is 17.7. The molecule has 2 aromatic rings.